The van der Waals surface area contributed by atoms with Gasteiger partial charge in [-0.1, -0.05) is 11.6 Å². The lowest BCUT2D eigenvalue weighted by Crippen LogP contribution is -2.07. The second-order valence-electron chi connectivity index (χ2n) is 2.79. The Morgan fingerprint density at radius 3 is 2.67 bits per heavy atom. The number of rotatable bonds is 2. The van der Waals surface area contributed by atoms with Crippen molar-refractivity contribution in [3.8, 4) is 0 Å². The van der Waals surface area contributed by atoms with Crippen LogP contribution >= 0.6 is 11.6 Å². The van der Waals surface area contributed by atoms with Crippen molar-refractivity contribution in [3.05, 3.63) is 28.0 Å². The van der Waals surface area contributed by atoms with Gasteiger partial charge in [0.15, 0.2) is 0 Å². The van der Waals surface area contributed by atoms with Gasteiger partial charge in [0.05, 0.1) is 17.8 Å². The maximum absolute atomic E-state index is 12.5. The molecule has 0 saturated carbocycles. The molecule has 0 aliphatic heterocycles. The molecular formula is C9H8ClF2NO2. The van der Waals surface area contributed by atoms with E-state index in [1.54, 1.807) is 0 Å². The molecule has 6 heteroatoms. The van der Waals surface area contributed by atoms with Gasteiger partial charge in [0.25, 0.3) is 6.43 Å². The Kier molecular flexibility index (Phi) is 3.57. The van der Waals surface area contributed by atoms with E-state index in [1.165, 1.54) is 6.92 Å². The summed E-state index contributed by atoms with van der Waals surface area (Å²) < 4.78 is 29.4. The molecule has 0 aliphatic carbocycles. The summed E-state index contributed by atoms with van der Waals surface area (Å²) in [6.45, 7) is 1.45. The zero-order chi connectivity index (χ0) is 11.6. The highest BCUT2D eigenvalue weighted by molar-refractivity contribution is 6.32. The van der Waals surface area contributed by atoms with Gasteiger partial charge in [-0.05, 0) is 13.0 Å². The number of methoxy groups -OCH3 is 1. The number of ether oxygens (including phenoxy) is 1. The van der Waals surface area contributed by atoms with Crippen LogP contribution in [0.25, 0.3) is 0 Å². The van der Waals surface area contributed by atoms with Gasteiger partial charge < -0.3 is 4.74 Å². The predicted molar refractivity (Wildman–Crippen MR) is 50.3 cm³/mol. The molecule has 0 unspecified atom stereocenters. The van der Waals surface area contributed by atoms with Crippen LogP contribution in [0.2, 0.25) is 5.02 Å². The minimum atomic E-state index is -2.75. The first-order valence-corrected chi connectivity index (χ1v) is 4.38. The van der Waals surface area contributed by atoms with Crippen molar-refractivity contribution < 1.29 is 18.3 Å². The summed E-state index contributed by atoms with van der Waals surface area (Å²) in [6, 6.07) is 0.936. The van der Waals surface area contributed by atoms with Crippen LogP contribution in [0.4, 0.5) is 8.78 Å². The first-order chi connectivity index (χ1) is 6.97. The number of alkyl halides is 2. The second-order valence-corrected chi connectivity index (χ2v) is 3.17. The number of carbonyl (C=O) groups is 1. The molecular weight excluding hydrogens is 228 g/mol. The van der Waals surface area contributed by atoms with E-state index in [9.17, 15) is 13.6 Å². The predicted octanol–water partition coefficient (Wildman–Crippen LogP) is 2.77. The molecule has 0 N–H and O–H groups in total. The van der Waals surface area contributed by atoms with E-state index < -0.39 is 18.0 Å². The van der Waals surface area contributed by atoms with Crippen molar-refractivity contribution >= 4 is 17.6 Å². The van der Waals surface area contributed by atoms with Crippen molar-refractivity contribution in [3.63, 3.8) is 0 Å². The van der Waals surface area contributed by atoms with E-state index in [4.69, 9.17) is 11.6 Å². The summed E-state index contributed by atoms with van der Waals surface area (Å²) in [4.78, 5) is 14.8. The first-order valence-electron chi connectivity index (χ1n) is 4.01. The quantitative estimate of drug-likeness (QED) is 0.740. The van der Waals surface area contributed by atoms with Crippen molar-refractivity contribution in [2.45, 2.75) is 13.3 Å². The highest BCUT2D eigenvalue weighted by Crippen LogP contribution is 2.29. The van der Waals surface area contributed by atoms with E-state index in [0.717, 1.165) is 13.2 Å². The van der Waals surface area contributed by atoms with Crippen LogP contribution in [0.3, 0.4) is 0 Å². The van der Waals surface area contributed by atoms with E-state index in [2.05, 4.69) is 9.72 Å². The zero-order valence-electron chi connectivity index (χ0n) is 8.05. The highest BCUT2D eigenvalue weighted by Gasteiger charge is 2.19. The van der Waals surface area contributed by atoms with E-state index in [1.807, 2.05) is 0 Å². The van der Waals surface area contributed by atoms with Gasteiger partial charge in [0.1, 0.15) is 5.69 Å². The Morgan fingerprint density at radius 2 is 2.20 bits per heavy atom. The average molecular weight is 236 g/mol. The number of esters is 1. The molecule has 1 rings (SSSR count). The third kappa shape index (κ3) is 2.41. The lowest BCUT2D eigenvalue weighted by Gasteiger charge is -2.07. The largest absolute Gasteiger partial charge is 0.464 e. The monoisotopic (exact) mass is 235 g/mol. The standard InChI is InChI=1S/C9H8ClF2NO2/c1-4-7(10)5(8(11)12)3-6(13-4)9(14)15-2/h3,8H,1-2H3. The Hall–Kier alpha value is -1.23. The van der Waals surface area contributed by atoms with Crippen LogP contribution in [-0.2, 0) is 4.74 Å². The van der Waals surface area contributed by atoms with Crippen molar-refractivity contribution in [1.82, 2.24) is 4.98 Å². The maximum Gasteiger partial charge on any atom is 0.356 e. The molecule has 0 spiro atoms. The number of aromatic nitrogens is 1. The molecule has 0 fully saturated rings. The average Bonchev–Trinajstić information content (AvgIpc) is 2.20. The number of pyridine rings is 1. The normalized spacial score (nSPS) is 10.5. The third-order valence-electron chi connectivity index (χ3n) is 1.78. The summed E-state index contributed by atoms with van der Waals surface area (Å²) in [5, 5.41) is -0.127. The highest BCUT2D eigenvalue weighted by atomic mass is 35.5. The Labute approximate surface area is 90.0 Å². The minimum absolute atomic E-state index is 0.127. The summed E-state index contributed by atoms with van der Waals surface area (Å²) in [5.74, 6) is -0.767. The number of aryl methyl sites for hydroxylation is 1. The van der Waals surface area contributed by atoms with Crippen molar-refractivity contribution in [2.24, 2.45) is 0 Å². The SMILES string of the molecule is COC(=O)c1cc(C(F)F)c(Cl)c(C)n1. The fourth-order valence-electron chi connectivity index (χ4n) is 1.05. The molecule has 0 aromatic carbocycles. The van der Waals surface area contributed by atoms with Crippen LogP contribution < -0.4 is 0 Å². The summed E-state index contributed by atoms with van der Waals surface area (Å²) >= 11 is 5.61. The van der Waals surface area contributed by atoms with Gasteiger partial charge in [-0.3, -0.25) is 0 Å². The summed E-state index contributed by atoms with van der Waals surface area (Å²) in [6.07, 6.45) is -2.75. The molecule has 3 nitrogen and oxygen atoms in total. The molecule has 15 heavy (non-hydrogen) atoms. The van der Waals surface area contributed by atoms with Crippen LogP contribution in [0.15, 0.2) is 6.07 Å². The molecule has 1 aromatic heterocycles. The number of hydrogen-bond acceptors (Lipinski definition) is 3. The topological polar surface area (TPSA) is 39.2 Å². The van der Waals surface area contributed by atoms with E-state index in [-0.39, 0.29) is 16.4 Å². The molecule has 1 heterocycles. The van der Waals surface area contributed by atoms with Gasteiger partial charge in [-0.2, -0.15) is 0 Å². The maximum atomic E-state index is 12.5. The summed E-state index contributed by atoms with van der Waals surface area (Å²) in [7, 11) is 1.15. The lowest BCUT2D eigenvalue weighted by atomic mass is 10.2. The second kappa shape index (κ2) is 4.53. The third-order valence-corrected chi connectivity index (χ3v) is 2.27. The van der Waals surface area contributed by atoms with Crippen LogP contribution in [0, 0.1) is 6.92 Å². The molecule has 1 aromatic rings. The molecule has 0 radical (unpaired) electrons. The van der Waals surface area contributed by atoms with Crippen molar-refractivity contribution in [2.75, 3.05) is 7.11 Å². The fourth-order valence-corrected chi connectivity index (χ4v) is 1.23. The van der Waals surface area contributed by atoms with Crippen LogP contribution in [-0.4, -0.2) is 18.1 Å². The number of hydrogen-bond donors (Lipinski definition) is 0. The Balaban J connectivity index is 3.29. The van der Waals surface area contributed by atoms with Gasteiger partial charge in [-0.25, -0.2) is 18.6 Å². The van der Waals surface area contributed by atoms with Gasteiger partial charge in [0.2, 0.25) is 0 Å². The molecule has 82 valence electrons. The molecule has 0 aliphatic rings. The van der Waals surface area contributed by atoms with Crippen molar-refractivity contribution in [1.29, 1.82) is 0 Å². The van der Waals surface area contributed by atoms with Crippen LogP contribution in [0.5, 0.6) is 0 Å². The Bertz CT molecular complexity index is 396. The number of nitrogens with zero attached hydrogens (tertiary/aromatic N) is 1. The fraction of sp³-hybridized carbons (Fsp3) is 0.333. The van der Waals surface area contributed by atoms with E-state index in [0.29, 0.717) is 0 Å². The molecule has 0 amide bonds. The number of carbonyl (C=O) groups excluding carboxylic acids is 1. The van der Waals surface area contributed by atoms with Gasteiger partial charge in [0, 0.05) is 5.56 Å². The van der Waals surface area contributed by atoms with Gasteiger partial charge >= 0.3 is 5.97 Å². The van der Waals surface area contributed by atoms with Gasteiger partial charge in [-0.15, -0.1) is 0 Å². The molecule has 0 atom stereocenters. The first kappa shape index (κ1) is 11.8. The summed E-state index contributed by atoms with van der Waals surface area (Å²) in [5.41, 5.74) is -0.408. The van der Waals surface area contributed by atoms with Crippen LogP contribution in [0.1, 0.15) is 28.2 Å². The molecule has 0 bridgehead atoms. The Morgan fingerprint density at radius 1 is 1.60 bits per heavy atom. The lowest BCUT2D eigenvalue weighted by molar-refractivity contribution is 0.0593. The zero-order valence-corrected chi connectivity index (χ0v) is 8.81. The van der Waals surface area contributed by atoms with E-state index >= 15 is 0 Å². The smallest absolute Gasteiger partial charge is 0.356 e. The molecule has 0 saturated heterocycles. The minimum Gasteiger partial charge on any atom is -0.464 e. The number of halogens is 3.